The number of aliphatic imine (C=N–C) groups is 1. The average Bonchev–Trinajstić information content (AvgIpc) is 3.44. The molecule has 4 heterocycles. The molecule has 2 unspecified atom stereocenters. The summed E-state index contributed by atoms with van der Waals surface area (Å²) in [4.78, 5) is 6.90. The van der Waals surface area contributed by atoms with Crippen molar-refractivity contribution in [1.29, 1.82) is 0 Å². The molecule has 2 saturated heterocycles. The summed E-state index contributed by atoms with van der Waals surface area (Å²) in [6, 6.07) is 6.42. The Morgan fingerprint density at radius 3 is 2.57 bits per heavy atom. The molecule has 6 heteroatoms. The van der Waals surface area contributed by atoms with Crippen LogP contribution in [0.1, 0.15) is 36.8 Å². The number of rotatable bonds is 5. The highest BCUT2D eigenvalue weighted by atomic mass is 16.5. The lowest BCUT2D eigenvalue weighted by Gasteiger charge is -2.34. The lowest BCUT2D eigenvalue weighted by atomic mass is 9.95. The highest BCUT2D eigenvalue weighted by Gasteiger charge is 2.26. The van der Waals surface area contributed by atoms with Crippen LogP contribution in [0.25, 0.3) is 5.70 Å². The van der Waals surface area contributed by atoms with E-state index < -0.39 is 0 Å². The van der Waals surface area contributed by atoms with Gasteiger partial charge in [-0.05, 0) is 55.9 Å². The van der Waals surface area contributed by atoms with Gasteiger partial charge in [-0.3, -0.25) is 0 Å². The van der Waals surface area contributed by atoms with E-state index in [4.69, 9.17) is 18.9 Å². The highest BCUT2D eigenvalue weighted by Crippen LogP contribution is 2.33. The van der Waals surface area contributed by atoms with Gasteiger partial charge in [0.15, 0.2) is 0 Å². The van der Waals surface area contributed by atoms with E-state index in [0.717, 1.165) is 57.6 Å². The summed E-state index contributed by atoms with van der Waals surface area (Å²) in [5.74, 6) is 1.65. The summed E-state index contributed by atoms with van der Waals surface area (Å²) in [5.41, 5.74) is 3.78. The van der Waals surface area contributed by atoms with Crippen LogP contribution >= 0.6 is 0 Å². The van der Waals surface area contributed by atoms with Crippen LogP contribution in [0.3, 0.4) is 0 Å². The molecule has 4 aliphatic rings. The Morgan fingerprint density at radius 2 is 1.82 bits per heavy atom. The molecule has 0 bridgehead atoms. The molecule has 0 aliphatic carbocycles. The lowest BCUT2D eigenvalue weighted by Crippen LogP contribution is -2.33. The van der Waals surface area contributed by atoms with E-state index in [0.29, 0.717) is 25.8 Å². The third-order valence-corrected chi connectivity index (χ3v) is 5.90. The second kappa shape index (κ2) is 8.13. The van der Waals surface area contributed by atoms with Gasteiger partial charge in [-0.15, -0.1) is 0 Å². The zero-order valence-corrected chi connectivity index (χ0v) is 16.3. The molecular weight excluding hydrogens is 356 g/mol. The topological polar surface area (TPSA) is 52.5 Å². The van der Waals surface area contributed by atoms with Gasteiger partial charge in [0, 0.05) is 31.4 Å². The van der Waals surface area contributed by atoms with E-state index in [2.05, 4.69) is 34.2 Å². The van der Waals surface area contributed by atoms with Crippen molar-refractivity contribution in [2.24, 2.45) is 4.99 Å². The van der Waals surface area contributed by atoms with Gasteiger partial charge in [0.05, 0.1) is 17.9 Å². The second-order valence-corrected chi connectivity index (χ2v) is 7.89. The fourth-order valence-corrected chi connectivity index (χ4v) is 4.30. The van der Waals surface area contributed by atoms with Crippen molar-refractivity contribution >= 4 is 11.6 Å². The summed E-state index contributed by atoms with van der Waals surface area (Å²) in [5, 5.41) is 0. The van der Waals surface area contributed by atoms with Gasteiger partial charge in [0.1, 0.15) is 25.6 Å². The molecule has 28 heavy (non-hydrogen) atoms. The maximum atomic E-state index is 5.99. The smallest absolute Gasteiger partial charge is 0.212 e. The zero-order chi connectivity index (χ0) is 18.8. The summed E-state index contributed by atoms with van der Waals surface area (Å²) in [6.45, 7) is 4.56. The van der Waals surface area contributed by atoms with Crippen LogP contribution in [-0.2, 0) is 20.6 Å². The number of fused-ring (bicyclic) bond motifs is 3. The van der Waals surface area contributed by atoms with E-state index in [1.807, 2.05) is 0 Å². The molecule has 2 fully saturated rings. The largest absolute Gasteiger partial charge is 0.491 e. The molecule has 4 aliphatic heterocycles. The maximum absolute atomic E-state index is 5.99. The van der Waals surface area contributed by atoms with Crippen molar-refractivity contribution in [3.63, 3.8) is 0 Å². The van der Waals surface area contributed by atoms with Crippen LogP contribution in [0.4, 0.5) is 0 Å². The number of hydrogen-bond donors (Lipinski definition) is 0. The van der Waals surface area contributed by atoms with E-state index in [-0.39, 0.29) is 12.2 Å². The lowest BCUT2D eigenvalue weighted by molar-refractivity contribution is 0.0639. The van der Waals surface area contributed by atoms with Gasteiger partial charge in [0.2, 0.25) is 5.90 Å². The minimum atomic E-state index is 0.210. The summed E-state index contributed by atoms with van der Waals surface area (Å²) < 4.78 is 23.2. The zero-order valence-electron chi connectivity index (χ0n) is 16.3. The van der Waals surface area contributed by atoms with Crippen molar-refractivity contribution in [3.8, 4) is 5.75 Å². The molecule has 5 rings (SSSR count). The predicted octanol–water partition coefficient (Wildman–Crippen LogP) is 3.01. The second-order valence-electron chi connectivity index (χ2n) is 7.89. The minimum absolute atomic E-state index is 0.210. The molecule has 0 spiro atoms. The van der Waals surface area contributed by atoms with E-state index in [9.17, 15) is 0 Å². The average molecular weight is 384 g/mol. The van der Waals surface area contributed by atoms with Crippen molar-refractivity contribution in [3.05, 3.63) is 35.4 Å². The van der Waals surface area contributed by atoms with Crippen molar-refractivity contribution < 1.29 is 18.9 Å². The van der Waals surface area contributed by atoms with E-state index in [1.54, 1.807) is 0 Å². The number of nitrogens with zero attached hydrogens (tertiary/aromatic N) is 2. The van der Waals surface area contributed by atoms with Gasteiger partial charge < -0.3 is 23.8 Å². The Balaban J connectivity index is 1.26. The molecule has 0 saturated carbocycles. The predicted molar refractivity (Wildman–Crippen MR) is 107 cm³/mol. The highest BCUT2D eigenvalue weighted by molar-refractivity contribution is 5.96. The van der Waals surface area contributed by atoms with E-state index in [1.165, 1.54) is 16.8 Å². The molecule has 2 atom stereocenters. The first-order chi connectivity index (χ1) is 13.8. The Labute approximate surface area is 166 Å². The first kappa shape index (κ1) is 18.0. The number of hydrogen-bond acceptors (Lipinski definition) is 6. The van der Waals surface area contributed by atoms with E-state index >= 15 is 0 Å². The molecule has 0 amide bonds. The fourth-order valence-electron chi connectivity index (χ4n) is 4.30. The van der Waals surface area contributed by atoms with Crippen molar-refractivity contribution in [2.45, 2.75) is 44.3 Å². The standard InChI is InChI=1S/C22H28N2O4/c1-3-18(25-9-1)13-27-17-5-6-20-16(11-17)7-8-24-15-23-22(12-21(20)24)28-14-19-4-2-10-26-19/h5-6,11-12,18-19H,1-4,7-10,13-15H2. The third-order valence-electron chi connectivity index (χ3n) is 5.90. The monoisotopic (exact) mass is 384 g/mol. The molecule has 150 valence electrons. The Kier molecular flexibility index (Phi) is 5.23. The fraction of sp³-hybridized carbons (Fsp3) is 0.591. The van der Waals surface area contributed by atoms with Crippen LogP contribution in [0.15, 0.2) is 29.3 Å². The molecule has 1 aromatic carbocycles. The maximum Gasteiger partial charge on any atom is 0.212 e. The van der Waals surface area contributed by atoms with Gasteiger partial charge in [-0.25, -0.2) is 4.99 Å². The van der Waals surface area contributed by atoms with Gasteiger partial charge >= 0.3 is 0 Å². The van der Waals surface area contributed by atoms with Crippen LogP contribution < -0.4 is 4.74 Å². The number of benzene rings is 1. The normalized spacial score (nSPS) is 26.4. The SMILES string of the molecule is C1=C2c3ccc(OCC4CCCO4)cc3CCN2CN=C1OCC1CCCO1. The first-order valence-electron chi connectivity index (χ1n) is 10.5. The molecule has 6 nitrogen and oxygen atoms in total. The molecule has 0 aromatic heterocycles. The quantitative estimate of drug-likeness (QED) is 0.781. The van der Waals surface area contributed by atoms with Gasteiger partial charge in [-0.2, -0.15) is 0 Å². The third kappa shape index (κ3) is 3.89. The van der Waals surface area contributed by atoms with Crippen LogP contribution in [0.5, 0.6) is 5.75 Å². The van der Waals surface area contributed by atoms with Crippen LogP contribution in [-0.4, -0.2) is 62.6 Å². The van der Waals surface area contributed by atoms with Gasteiger partial charge in [0.25, 0.3) is 0 Å². The Hall–Kier alpha value is -2.05. The molecule has 0 radical (unpaired) electrons. The first-order valence-corrected chi connectivity index (χ1v) is 10.5. The number of ether oxygens (including phenoxy) is 4. The summed E-state index contributed by atoms with van der Waals surface area (Å²) in [6.07, 6.45) is 7.97. The Morgan fingerprint density at radius 1 is 1.04 bits per heavy atom. The molecule has 0 N–H and O–H groups in total. The minimum Gasteiger partial charge on any atom is -0.491 e. The van der Waals surface area contributed by atoms with Crippen LogP contribution in [0, 0.1) is 0 Å². The summed E-state index contributed by atoms with van der Waals surface area (Å²) >= 11 is 0. The van der Waals surface area contributed by atoms with Crippen molar-refractivity contribution in [2.75, 3.05) is 39.6 Å². The van der Waals surface area contributed by atoms with Crippen molar-refractivity contribution in [1.82, 2.24) is 4.90 Å². The van der Waals surface area contributed by atoms with Crippen LogP contribution in [0.2, 0.25) is 0 Å². The molecule has 1 aromatic rings. The molecular formula is C22H28N2O4. The Bertz CT molecular complexity index is 764. The van der Waals surface area contributed by atoms with Gasteiger partial charge in [-0.1, -0.05) is 0 Å². The summed E-state index contributed by atoms with van der Waals surface area (Å²) in [7, 11) is 0.